The highest BCUT2D eigenvalue weighted by Crippen LogP contribution is 2.24. The van der Waals surface area contributed by atoms with Gasteiger partial charge in [-0.2, -0.15) is 0 Å². The van der Waals surface area contributed by atoms with Crippen molar-refractivity contribution >= 4 is 40.5 Å². The number of likely N-dealkylation sites (N-methyl/N-ethyl adjacent to an activating group) is 2. The molecule has 2 aromatic rings. The maximum absolute atomic E-state index is 12.7. The molecule has 1 aliphatic heterocycles. The first-order chi connectivity index (χ1) is 23.7. The van der Waals surface area contributed by atoms with Crippen molar-refractivity contribution in [2.75, 3.05) is 104 Å². The second-order valence-corrected chi connectivity index (χ2v) is 12.9. The standard InChI is InChI=1S/C35H53N7O8/c1-5-28-9-7-27-8-10-29(22-30(27)36-28)41-20-18-40(19-21-41)26(2)6-11-31(35(49)50)42(16-13-38(4)24-33(45)46)17-15-39(25-34(47)48)14-12-37(3)23-32(43)44/h7-10,22,31H,2,5-6,11-21,23-25H2,1,3-4H3,(H,43,44)(H,45,46)(H,47,48)(H,49,50). The minimum absolute atomic E-state index is 0.191. The van der Waals surface area contributed by atoms with Crippen LogP contribution >= 0.6 is 0 Å². The molecule has 0 saturated carbocycles. The molecular formula is C35H53N7O8. The molecule has 0 spiro atoms. The molecule has 15 nitrogen and oxygen atoms in total. The zero-order valence-electron chi connectivity index (χ0n) is 29.5. The largest absolute Gasteiger partial charge is 0.480 e. The lowest BCUT2D eigenvalue weighted by molar-refractivity contribution is -0.144. The summed E-state index contributed by atoms with van der Waals surface area (Å²) in [6, 6.07) is 9.59. The average Bonchev–Trinajstić information content (AvgIpc) is 3.06. The van der Waals surface area contributed by atoms with Gasteiger partial charge in [0.1, 0.15) is 6.04 Å². The fourth-order valence-electron chi connectivity index (χ4n) is 6.13. The summed E-state index contributed by atoms with van der Waals surface area (Å²) < 4.78 is 0. The number of rotatable bonds is 23. The summed E-state index contributed by atoms with van der Waals surface area (Å²) in [5.74, 6) is -4.06. The molecule has 3 rings (SSSR count). The molecule has 1 aliphatic rings. The Morgan fingerprint density at radius 1 is 0.800 bits per heavy atom. The van der Waals surface area contributed by atoms with E-state index in [-0.39, 0.29) is 52.2 Å². The Morgan fingerprint density at radius 2 is 1.36 bits per heavy atom. The van der Waals surface area contributed by atoms with Gasteiger partial charge in [0, 0.05) is 87.9 Å². The van der Waals surface area contributed by atoms with Gasteiger partial charge in [-0.05, 0) is 51.6 Å². The fourth-order valence-corrected chi connectivity index (χ4v) is 6.13. The number of aliphatic carboxylic acids is 4. The summed E-state index contributed by atoms with van der Waals surface area (Å²) in [7, 11) is 3.28. The van der Waals surface area contributed by atoms with E-state index in [9.17, 15) is 34.5 Å². The van der Waals surface area contributed by atoms with E-state index in [1.54, 1.807) is 33.7 Å². The molecule has 50 heavy (non-hydrogen) atoms. The van der Waals surface area contributed by atoms with Crippen molar-refractivity contribution in [1.29, 1.82) is 0 Å². The molecule has 1 saturated heterocycles. The Hall–Kier alpha value is -4.31. The van der Waals surface area contributed by atoms with E-state index in [0.29, 0.717) is 19.5 Å². The summed E-state index contributed by atoms with van der Waals surface area (Å²) in [6.07, 6.45) is 1.59. The molecule has 1 aromatic heterocycles. The predicted molar refractivity (Wildman–Crippen MR) is 191 cm³/mol. The molecule has 1 fully saturated rings. The number of nitrogens with zero attached hydrogens (tertiary/aromatic N) is 7. The van der Waals surface area contributed by atoms with E-state index >= 15 is 0 Å². The van der Waals surface area contributed by atoms with E-state index in [4.69, 9.17) is 10.1 Å². The second-order valence-electron chi connectivity index (χ2n) is 12.9. The van der Waals surface area contributed by atoms with Crippen LogP contribution in [0.4, 0.5) is 5.69 Å². The van der Waals surface area contributed by atoms with E-state index in [1.807, 2.05) is 0 Å². The SMILES string of the molecule is C=C(CCC(C(=O)O)N(CCN(C)CC(=O)O)CCN(CCN(C)CC(=O)O)CC(=O)O)N1CCN(c2ccc3ccc(CC)nc3c2)CC1. The summed E-state index contributed by atoms with van der Waals surface area (Å²) in [4.78, 5) is 62.4. The van der Waals surface area contributed by atoms with E-state index < -0.39 is 29.9 Å². The molecule has 1 aromatic carbocycles. The molecule has 0 amide bonds. The van der Waals surface area contributed by atoms with Gasteiger partial charge in [0.15, 0.2) is 0 Å². The Bertz CT molecular complexity index is 1470. The third kappa shape index (κ3) is 13.2. The lowest BCUT2D eigenvalue weighted by atomic mass is 10.1. The van der Waals surface area contributed by atoms with Crippen LogP contribution in [0.3, 0.4) is 0 Å². The van der Waals surface area contributed by atoms with Crippen LogP contribution < -0.4 is 4.90 Å². The van der Waals surface area contributed by atoms with Gasteiger partial charge in [0.2, 0.25) is 0 Å². The van der Waals surface area contributed by atoms with Gasteiger partial charge in [-0.25, -0.2) is 0 Å². The summed E-state index contributed by atoms with van der Waals surface area (Å²) in [5, 5.41) is 39.2. The molecular weight excluding hydrogens is 646 g/mol. The molecule has 1 atom stereocenters. The molecule has 0 aliphatic carbocycles. The lowest BCUT2D eigenvalue weighted by Crippen LogP contribution is -2.49. The van der Waals surface area contributed by atoms with Crippen LogP contribution in [0.1, 0.15) is 25.5 Å². The van der Waals surface area contributed by atoms with Gasteiger partial charge in [0.25, 0.3) is 0 Å². The van der Waals surface area contributed by atoms with Crippen molar-refractivity contribution in [1.82, 2.24) is 29.5 Å². The molecule has 276 valence electrons. The van der Waals surface area contributed by atoms with Crippen molar-refractivity contribution in [2.24, 2.45) is 0 Å². The number of carboxylic acid groups (broad SMARTS) is 4. The van der Waals surface area contributed by atoms with Crippen molar-refractivity contribution in [3.8, 4) is 0 Å². The van der Waals surface area contributed by atoms with E-state index in [1.165, 1.54) is 0 Å². The number of piperazine rings is 1. The van der Waals surface area contributed by atoms with Crippen LogP contribution in [0.5, 0.6) is 0 Å². The number of anilines is 1. The highest BCUT2D eigenvalue weighted by atomic mass is 16.4. The van der Waals surface area contributed by atoms with Gasteiger partial charge in [0.05, 0.1) is 25.2 Å². The number of fused-ring (bicyclic) bond motifs is 1. The first kappa shape index (κ1) is 40.1. The first-order valence-electron chi connectivity index (χ1n) is 17.0. The number of pyridine rings is 1. The van der Waals surface area contributed by atoms with Crippen molar-refractivity contribution < 1.29 is 39.6 Å². The normalized spacial score (nSPS) is 14.2. The molecule has 2 heterocycles. The summed E-state index contributed by atoms with van der Waals surface area (Å²) >= 11 is 0. The minimum Gasteiger partial charge on any atom is -0.480 e. The maximum Gasteiger partial charge on any atom is 0.320 e. The maximum atomic E-state index is 12.7. The van der Waals surface area contributed by atoms with Crippen LogP contribution in [0, 0.1) is 0 Å². The van der Waals surface area contributed by atoms with Crippen LogP contribution in [0.2, 0.25) is 0 Å². The zero-order chi connectivity index (χ0) is 36.8. The Kier molecular flexibility index (Phi) is 15.9. The summed E-state index contributed by atoms with van der Waals surface area (Å²) in [6.45, 7) is 10.3. The Morgan fingerprint density at radius 3 is 1.94 bits per heavy atom. The van der Waals surface area contributed by atoms with Crippen molar-refractivity contribution in [2.45, 2.75) is 32.2 Å². The number of carboxylic acids is 4. The molecule has 4 N–H and O–H groups in total. The minimum atomic E-state index is -1.05. The predicted octanol–water partition coefficient (Wildman–Crippen LogP) is 1.39. The molecule has 1 unspecified atom stereocenters. The van der Waals surface area contributed by atoms with Gasteiger partial charge in [-0.15, -0.1) is 0 Å². The Balaban J connectivity index is 1.63. The molecule has 0 bridgehead atoms. The zero-order valence-corrected chi connectivity index (χ0v) is 29.5. The third-order valence-corrected chi connectivity index (χ3v) is 9.06. The Labute approximate surface area is 294 Å². The average molecular weight is 700 g/mol. The number of aryl methyl sites for hydroxylation is 1. The molecule has 0 radical (unpaired) electrons. The van der Waals surface area contributed by atoms with Gasteiger partial charge in [-0.1, -0.05) is 25.6 Å². The topological polar surface area (TPSA) is 182 Å². The number of carbonyl (C=O) groups is 4. The van der Waals surface area contributed by atoms with Crippen LogP contribution in [0.25, 0.3) is 10.9 Å². The number of hydrogen-bond acceptors (Lipinski definition) is 11. The molecule has 15 heteroatoms. The highest BCUT2D eigenvalue weighted by Gasteiger charge is 2.28. The number of benzene rings is 1. The van der Waals surface area contributed by atoms with Gasteiger partial charge < -0.3 is 30.2 Å². The van der Waals surface area contributed by atoms with Crippen LogP contribution in [-0.2, 0) is 25.6 Å². The van der Waals surface area contributed by atoms with E-state index in [2.05, 4.69) is 53.6 Å². The first-order valence-corrected chi connectivity index (χ1v) is 17.0. The monoisotopic (exact) mass is 699 g/mol. The van der Waals surface area contributed by atoms with Crippen molar-refractivity contribution in [3.63, 3.8) is 0 Å². The quantitative estimate of drug-likeness (QED) is 0.131. The van der Waals surface area contributed by atoms with Gasteiger partial charge >= 0.3 is 23.9 Å². The van der Waals surface area contributed by atoms with Gasteiger partial charge in [-0.3, -0.25) is 43.8 Å². The number of allylic oxidation sites excluding steroid dienone is 1. The fraction of sp³-hybridized carbons (Fsp3) is 0.571. The highest BCUT2D eigenvalue weighted by molar-refractivity contribution is 5.82. The van der Waals surface area contributed by atoms with Crippen LogP contribution in [0.15, 0.2) is 42.6 Å². The second kappa shape index (κ2) is 19.8. The number of hydrogen-bond donors (Lipinski definition) is 4. The van der Waals surface area contributed by atoms with Crippen LogP contribution in [-0.4, -0.2) is 179 Å². The van der Waals surface area contributed by atoms with Crippen molar-refractivity contribution in [3.05, 3.63) is 48.3 Å². The van der Waals surface area contributed by atoms with E-state index in [0.717, 1.165) is 60.6 Å². The third-order valence-electron chi connectivity index (χ3n) is 9.06. The smallest absolute Gasteiger partial charge is 0.320 e. The number of aromatic nitrogens is 1. The lowest BCUT2D eigenvalue weighted by Gasteiger charge is -2.39. The summed E-state index contributed by atoms with van der Waals surface area (Å²) in [5.41, 5.74) is 3.99.